The van der Waals surface area contributed by atoms with Gasteiger partial charge >= 0.3 is 0 Å². The Kier molecular flexibility index (Phi) is 5.74. The number of carbonyl (C=O) groups excluding carboxylic acids is 1. The molecule has 0 saturated heterocycles. The third-order valence-corrected chi connectivity index (χ3v) is 5.87. The summed E-state index contributed by atoms with van der Waals surface area (Å²) in [5, 5.41) is 8.75. The predicted molar refractivity (Wildman–Crippen MR) is 118 cm³/mol. The molecule has 146 valence electrons. The number of amides is 1. The molecule has 0 atom stereocenters. The molecule has 0 unspecified atom stereocenters. The highest BCUT2D eigenvalue weighted by atomic mass is 35.5. The average molecular weight is 423 g/mol. The fraction of sp³-hybridized carbons (Fsp3) is 0.136. The van der Waals surface area contributed by atoms with Crippen molar-refractivity contribution in [1.82, 2.24) is 20.1 Å². The van der Waals surface area contributed by atoms with E-state index in [1.54, 1.807) is 22.1 Å². The Morgan fingerprint density at radius 3 is 2.72 bits per heavy atom. The molecule has 2 heterocycles. The van der Waals surface area contributed by atoms with Crippen LogP contribution in [0.2, 0.25) is 5.15 Å². The molecule has 0 saturated carbocycles. The number of benzene rings is 2. The molecule has 29 heavy (non-hydrogen) atoms. The summed E-state index contributed by atoms with van der Waals surface area (Å²) in [4.78, 5) is 16.8. The first kappa shape index (κ1) is 19.4. The Morgan fingerprint density at radius 1 is 1.17 bits per heavy atom. The van der Waals surface area contributed by atoms with E-state index in [0.717, 1.165) is 32.0 Å². The molecule has 0 aliphatic heterocycles. The number of fused-ring (bicyclic) bond motifs is 1. The maximum atomic E-state index is 12.2. The van der Waals surface area contributed by atoms with E-state index < -0.39 is 0 Å². The maximum Gasteiger partial charge on any atom is 0.244 e. The molecule has 4 aromatic rings. The first-order valence-corrected chi connectivity index (χ1v) is 10.4. The topological polar surface area (TPSA) is 59.8 Å². The Hall–Kier alpha value is -2.96. The van der Waals surface area contributed by atoms with Gasteiger partial charge < -0.3 is 5.32 Å². The van der Waals surface area contributed by atoms with Gasteiger partial charge in [-0.3, -0.25) is 4.79 Å². The molecule has 0 aliphatic carbocycles. The highest BCUT2D eigenvalue weighted by Crippen LogP contribution is 2.23. The largest absolute Gasteiger partial charge is 0.346 e. The average Bonchev–Trinajstić information content (AvgIpc) is 3.26. The van der Waals surface area contributed by atoms with Crippen molar-refractivity contribution in [3.05, 3.63) is 87.7 Å². The van der Waals surface area contributed by atoms with Crippen LogP contribution in [0.1, 0.15) is 21.8 Å². The van der Waals surface area contributed by atoms with E-state index >= 15 is 0 Å². The van der Waals surface area contributed by atoms with E-state index in [1.165, 1.54) is 6.08 Å². The normalized spacial score (nSPS) is 11.4. The first-order valence-electron chi connectivity index (χ1n) is 9.17. The lowest BCUT2D eigenvalue weighted by molar-refractivity contribution is -0.116. The van der Waals surface area contributed by atoms with Crippen molar-refractivity contribution in [1.29, 1.82) is 0 Å². The van der Waals surface area contributed by atoms with Crippen LogP contribution in [-0.2, 0) is 17.9 Å². The van der Waals surface area contributed by atoms with Crippen LogP contribution in [0.5, 0.6) is 0 Å². The maximum absolute atomic E-state index is 12.2. The second-order valence-corrected chi connectivity index (χ2v) is 8.03. The van der Waals surface area contributed by atoms with Gasteiger partial charge in [0, 0.05) is 11.6 Å². The molecule has 4 rings (SSSR count). The predicted octanol–water partition coefficient (Wildman–Crippen LogP) is 4.83. The van der Waals surface area contributed by atoms with E-state index in [0.29, 0.717) is 18.2 Å². The second-order valence-electron chi connectivity index (χ2n) is 6.56. The molecule has 0 spiro atoms. The third kappa shape index (κ3) is 4.55. The fourth-order valence-electron chi connectivity index (χ4n) is 2.99. The summed E-state index contributed by atoms with van der Waals surface area (Å²) in [6.07, 6.45) is 3.19. The molecule has 7 heteroatoms. The van der Waals surface area contributed by atoms with Gasteiger partial charge in [-0.25, -0.2) is 9.67 Å². The van der Waals surface area contributed by atoms with Crippen molar-refractivity contribution in [2.45, 2.75) is 20.0 Å². The summed E-state index contributed by atoms with van der Waals surface area (Å²) < 4.78 is 2.85. The van der Waals surface area contributed by atoms with Crippen LogP contribution in [0, 0.1) is 6.92 Å². The van der Waals surface area contributed by atoms with Crippen molar-refractivity contribution >= 4 is 45.1 Å². The van der Waals surface area contributed by atoms with Gasteiger partial charge in [0.1, 0.15) is 10.2 Å². The number of aryl methyl sites for hydroxylation is 1. The fourth-order valence-corrected chi connectivity index (χ4v) is 4.20. The summed E-state index contributed by atoms with van der Waals surface area (Å²) in [5.41, 5.74) is 3.59. The van der Waals surface area contributed by atoms with Crippen LogP contribution in [-0.4, -0.2) is 20.7 Å². The number of carbonyl (C=O) groups is 1. The number of aromatic nitrogens is 3. The number of rotatable bonds is 6. The first-order chi connectivity index (χ1) is 14.1. The number of halogens is 1. The Bertz CT molecular complexity index is 1150. The third-order valence-electron chi connectivity index (χ3n) is 4.44. The zero-order valence-corrected chi connectivity index (χ0v) is 17.4. The van der Waals surface area contributed by atoms with Crippen molar-refractivity contribution in [2.24, 2.45) is 0 Å². The van der Waals surface area contributed by atoms with Crippen molar-refractivity contribution in [3.8, 4) is 0 Å². The lowest BCUT2D eigenvalue weighted by Crippen LogP contribution is -2.20. The molecule has 0 aliphatic rings. The molecule has 0 radical (unpaired) electrons. The number of hydrogen-bond donors (Lipinski definition) is 1. The number of thiazole rings is 1. The van der Waals surface area contributed by atoms with Gasteiger partial charge in [-0.15, -0.1) is 11.3 Å². The summed E-state index contributed by atoms with van der Waals surface area (Å²) in [6.45, 7) is 2.85. The zero-order chi connectivity index (χ0) is 20.2. The molecule has 2 aromatic heterocycles. The van der Waals surface area contributed by atoms with Crippen LogP contribution >= 0.6 is 22.9 Å². The van der Waals surface area contributed by atoms with Crippen LogP contribution in [0.3, 0.4) is 0 Å². The van der Waals surface area contributed by atoms with Gasteiger partial charge in [-0.1, -0.05) is 54.1 Å². The van der Waals surface area contributed by atoms with Gasteiger partial charge in [0.05, 0.1) is 29.0 Å². The van der Waals surface area contributed by atoms with Crippen LogP contribution in [0.4, 0.5) is 0 Å². The summed E-state index contributed by atoms with van der Waals surface area (Å²) >= 11 is 8.07. The van der Waals surface area contributed by atoms with E-state index in [9.17, 15) is 4.79 Å². The standard InChI is InChI=1S/C22H19ClN4OS/c1-15-17(22(23)27(26-15)14-16-7-3-2-4-8-16)11-12-20(28)24-13-21-25-18-9-5-6-10-19(18)29-21/h2-12H,13-14H2,1H3,(H,24,28)/b12-11+. The molecule has 0 bridgehead atoms. The van der Waals surface area contributed by atoms with Gasteiger partial charge in [0.25, 0.3) is 0 Å². The highest BCUT2D eigenvalue weighted by molar-refractivity contribution is 7.18. The van der Waals surface area contributed by atoms with E-state index in [-0.39, 0.29) is 5.91 Å². The minimum Gasteiger partial charge on any atom is -0.346 e. The monoisotopic (exact) mass is 422 g/mol. The smallest absolute Gasteiger partial charge is 0.244 e. The molecule has 1 amide bonds. The van der Waals surface area contributed by atoms with Crippen LogP contribution in [0.25, 0.3) is 16.3 Å². The van der Waals surface area contributed by atoms with Gasteiger partial charge in [-0.05, 0) is 30.7 Å². The SMILES string of the molecule is Cc1nn(Cc2ccccc2)c(Cl)c1/C=C/C(=O)NCc1nc2ccccc2s1. The number of nitrogens with one attached hydrogen (secondary N) is 1. The van der Waals surface area contributed by atoms with Gasteiger partial charge in [0.2, 0.25) is 5.91 Å². The van der Waals surface area contributed by atoms with Gasteiger partial charge in [0.15, 0.2) is 0 Å². The summed E-state index contributed by atoms with van der Waals surface area (Å²) in [6, 6.07) is 17.9. The lowest BCUT2D eigenvalue weighted by Gasteiger charge is -2.03. The quantitative estimate of drug-likeness (QED) is 0.452. The van der Waals surface area contributed by atoms with Crippen molar-refractivity contribution < 1.29 is 4.79 Å². The molecule has 1 N–H and O–H groups in total. The minimum atomic E-state index is -0.199. The van der Waals surface area contributed by atoms with Gasteiger partial charge in [-0.2, -0.15) is 5.10 Å². The zero-order valence-electron chi connectivity index (χ0n) is 15.8. The van der Waals surface area contributed by atoms with E-state index in [2.05, 4.69) is 15.4 Å². The van der Waals surface area contributed by atoms with Crippen molar-refractivity contribution in [3.63, 3.8) is 0 Å². The van der Waals surface area contributed by atoms with E-state index in [1.807, 2.05) is 61.5 Å². The number of para-hydroxylation sites is 1. The summed E-state index contributed by atoms with van der Waals surface area (Å²) in [7, 11) is 0. The molecule has 0 fully saturated rings. The number of hydrogen-bond acceptors (Lipinski definition) is 4. The number of nitrogens with zero attached hydrogens (tertiary/aromatic N) is 3. The Labute approximate surface area is 177 Å². The Morgan fingerprint density at radius 2 is 1.93 bits per heavy atom. The van der Waals surface area contributed by atoms with Crippen LogP contribution in [0.15, 0.2) is 60.7 Å². The van der Waals surface area contributed by atoms with E-state index in [4.69, 9.17) is 11.6 Å². The lowest BCUT2D eigenvalue weighted by atomic mass is 10.2. The molecule has 2 aromatic carbocycles. The Balaban J connectivity index is 1.41. The minimum absolute atomic E-state index is 0.199. The molecular formula is C22H19ClN4OS. The highest BCUT2D eigenvalue weighted by Gasteiger charge is 2.12. The molecular weight excluding hydrogens is 404 g/mol. The van der Waals surface area contributed by atoms with Crippen LogP contribution < -0.4 is 5.32 Å². The molecule has 5 nitrogen and oxygen atoms in total. The van der Waals surface area contributed by atoms with Crippen molar-refractivity contribution in [2.75, 3.05) is 0 Å². The second kappa shape index (κ2) is 8.59. The summed E-state index contributed by atoms with van der Waals surface area (Å²) in [5.74, 6) is -0.199.